The van der Waals surface area contributed by atoms with Crippen molar-refractivity contribution in [3.05, 3.63) is 17.0 Å². The van der Waals surface area contributed by atoms with Crippen LogP contribution in [0.4, 0.5) is 4.79 Å². The molecule has 0 fully saturated rings. The van der Waals surface area contributed by atoms with Crippen molar-refractivity contribution >= 4 is 17.7 Å². The molecule has 0 saturated carbocycles. The van der Waals surface area contributed by atoms with Crippen molar-refractivity contribution in [3.8, 4) is 0 Å². The molecule has 2 aliphatic rings. The molecule has 1 unspecified atom stereocenters. The number of rotatable bonds is 2. The molecule has 0 radical (unpaired) electrons. The first-order chi connectivity index (χ1) is 10.9. The fourth-order valence-corrected chi connectivity index (χ4v) is 2.93. The minimum Gasteiger partial charge on any atom is -0.465 e. The molecule has 1 atom stereocenters. The third-order valence-electron chi connectivity index (χ3n) is 4.23. The summed E-state index contributed by atoms with van der Waals surface area (Å²) in [6.07, 6.45) is -0.790. The summed E-state index contributed by atoms with van der Waals surface area (Å²) in [6.45, 7) is 2.56. The van der Waals surface area contributed by atoms with Crippen LogP contribution in [0.25, 0.3) is 0 Å². The molecule has 0 spiro atoms. The van der Waals surface area contributed by atoms with Crippen molar-refractivity contribution in [2.75, 3.05) is 13.6 Å². The molecule has 9 heteroatoms. The minimum absolute atomic E-state index is 0.144. The van der Waals surface area contributed by atoms with Crippen LogP contribution >= 0.6 is 0 Å². The van der Waals surface area contributed by atoms with Gasteiger partial charge < -0.3 is 15.1 Å². The molecule has 0 saturated heterocycles. The number of nitrogens with zero attached hydrogens (tertiary/aromatic N) is 5. The zero-order valence-corrected chi connectivity index (χ0v) is 13.1. The van der Waals surface area contributed by atoms with Crippen molar-refractivity contribution in [1.82, 2.24) is 19.7 Å². The van der Waals surface area contributed by atoms with Crippen LogP contribution in [0.1, 0.15) is 35.1 Å². The zero-order valence-electron chi connectivity index (χ0n) is 13.1. The average Bonchev–Trinajstić information content (AvgIpc) is 2.83. The highest BCUT2D eigenvalue weighted by atomic mass is 16.4. The molecule has 2 aliphatic heterocycles. The van der Waals surface area contributed by atoms with Gasteiger partial charge in [0.15, 0.2) is 0 Å². The Morgan fingerprint density at radius 2 is 2.13 bits per heavy atom. The molecule has 2 amide bonds. The second-order valence-electron chi connectivity index (χ2n) is 5.73. The highest BCUT2D eigenvalue weighted by molar-refractivity contribution is 5.98. The number of aliphatic hydroxyl groups excluding tert-OH is 1. The van der Waals surface area contributed by atoms with E-state index in [-0.39, 0.29) is 19.0 Å². The first kappa shape index (κ1) is 15.5. The molecule has 1 aromatic rings. The Hall–Kier alpha value is -2.42. The van der Waals surface area contributed by atoms with Crippen LogP contribution in [-0.2, 0) is 19.5 Å². The Labute approximate surface area is 132 Å². The van der Waals surface area contributed by atoms with Crippen molar-refractivity contribution in [2.45, 2.75) is 39.0 Å². The Bertz CT molecular complexity index is 696. The van der Waals surface area contributed by atoms with Crippen LogP contribution in [0.3, 0.4) is 0 Å². The van der Waals surface area contributed by atoms with Crippen LogP contribution in [-0.4, -0.2) is 67.3 Å². The topological polar surface area (TPSA) is 111 Å². The van der Waals surface area contributed by atoms with Crippen molar-refractivity contribution in [2.24, 2.45) is 5.10 Å². The summed E-state index contributed by atoms with van der Waals surface area (Å²) in [5.74, 6) is -0.343. The van der Waals surface area contributed by atoms with E-state index in [2.05, 4.69) is 10.2 Å². The third-order valence-corrected chi connectivity index (χ3v) is 4.23. The highest BCUT2D eigenvalue weighted by Gasteiger charge is 2.34. The van der Waals surface area contributed by atoms with Gasteiger partial charge in [0.1, 0.15) is 5.69 Å². The van der Waals surface area contributed by atoms with E-state index in [1.807, 2.05) is 6.92 Å². The van der Waals surface area contributed by atoms with Gasteiger partial charge in [-0.3, -0.25) is 9.48 Å². The molecule has 23 heavy (non-hydrogen) atoms. The van der Waals surface area contributed by atoms with Crippen LogP contribution in [0, 0.1) is 0 Å². The predicted molar refractivity (Wildman–Crippen MR) is 80.2 cm³/mol. The number of fused-ring (bicyclic) bond motifs is 3. The van der Waals surface area contributed by atoms with Crippen LogP contribution in [0.5, 0.6) is 0 Å². The first-order valence-electron chi connectivity index (χ1n) is 7.52. The SMILES string of the molecule is CCC(O)C1=NN(C)C(=O)c2c3c(nn2C1)CCN(C(=O)O)C3. The van der Waals surface area contributed by atoms with Crippen molar-refractivity contribution in [1.29, 1.82) is 0 Å². The van der Waals surface area contributed by atoms with Crippen molar-refractivity contribution < 1.29 is 19.8 Å². The van der Waals surface area contributed by atoms with Gasteiger partial charge >= 0.3 is 6.09 Å². The van der Waals surface area contributed by atoms with E-state index in [0.717, 1.165) is 5.69 Å². The van der Waals surface area contributed by atoms with E-state index in [0.29, 0.717) is 36.4 Å². The summed E-state index contributed by atoms with van der Waals surface area (Å²) in [5, 5.41) is 29.1. The number of hydrazone groups is 1. The fourth-order valence-electron chi connectivity index (χ4n) is 2.93. The number of aromatic nitrogens is 2. The summed E-state index contributed by atoms with van der Waals surface area (Å²) in [5.41, 5.74) is 2.21. The van der Waals surface area contributed by atoms with Gasteiger partial charge in [0.05, 0.1) is 30.6 Å². The van der Waals surface area contributed by atoms with Gasteiger partial charge in [-0.05, 0) is 6.42 Å². The van der Waals surface area contributed by atoms with E-state index in [1.165, 1.54) is 17.0 Å². The number of amides is 2. The van der Waals surface area contributed by atoms with Crippen LogP contribution in [0.15, 0.2) is 5.10 Å². The molecule has 124 valence electrons. The van der Waals surface area contributed by atoms with Crippen LogP contribution < -0.4 is 0 Å². The van der Waals surface area contributed by atoms with Gasteiger partial charge in [-0.25, -0.2) is 9.80 Å². The van der Waals surface area contributed by atoms with E-state index < -0.39 is 12.2 Å². The molecule has 0 aliphatic carbocycles. The zero-order chi connectivity index (χ0) is 16.7. The highest BCUT2D eigenvalue weighted by Crippen LogP contribution is 2.25. The Balaban J connectivity index is 2.03. The van der Waals surface area contributed by atoms with E-state index in [9.17, 15) is 19.8 Å². The number of carbonyl (C=O) groups is 2. The van der Waals surface area contributed by atoms with Gasteiger partial charge in [-0.1, -0.05) is 6.92 Å². The molecule has 1 aromatic heterocycles. The number of hydrogen-bond donors (Lipinski definition) is 2. The quantitative estimate of drug-likeness (QED) is 0.804. The number of aliphatic hydroxyl groups is 1. The molecule has 3 rings (SSSR count). The molecule has 0 aromatic carbocycles. The summed E-state index contributed by atoms with van der Waals surface area (Å²) >= 11 is 0. The maximum absolute atomic E-state index is 12.6. The lowest BCUT2D eigenvalue weighted by atomic mass is 10.1. The lowest BCUT2D eigenvalue weighted by Gasteiger charge is -2.24. The van der Waals surface area contributed by atoms with E-state index in [1.54, 1.807) is 4.68 Å². The minimum atomic E-state index is -1.01. The largest absolute Gasteiger partial charge is 0.465 e. The Morgan fingerprint density at radius 1 is 1.39 bits per heavy atom. The third kappa shape index (κ3) is 2.56. The Kier molecular flexibility index (Phi) is 3.80. The van der Waals surface area contributed by atoms with Gasteiger partial charge in [-0.15, -0.1) is 0 Å². The van der Waals surface area contributed by atoms with Crippen LogP contribution in [0.2, 0.25) is 0 Å². The van der Waals surface area contributed by atoms with E-state index >= 15 is 0 Å². The summed E-state index contributed by atoms with van der Waals surface area (Å²) in [6, 6.07) is 0. The van der Waals surface area contributed by atoms with Gasteiger partial charge in [0, 0.05) is 25.6 Å². The average molecular weight is 321 g/mol. The molecular formula is C14H19N5O4. The number of carboxylic acid groups (broad SMARTS) is 1. The van der Waals surface area contributed by atoms with Crippen molar-refractivity contribution in [3.63, 3.8) is 0 Å². The number of carbonyl (C=O) groups excluding carboxylic acids is 1. The van der Waals surface area contributed by atoms with Gasteiger partial charge in [0.25, 0.3) is 5.91 Å². The fraction of sp³-hybridized carbons (Fsp3) is 0.571. The molecule has 3 heterocycles. The summed E-state index contributed by atoms with van der Waals surface area (Å²) < 4.78 is 1.54. The number of hydrogen-bond acceptors (Lipinski definition) is 5. The second kappa shape index (κ2) is 5.65. The molecule has 9 nitrogen and oxygen atoms in total. The summed E-state index contributed by atoms with van der Waals surface area (Å²) in [7, 11) is 1.53. The second-order valence-corrected chi connectivity index (χ2v) is 5.73. The normalized spacial score (nSPS) is 18.9. The molecular weight excluding hydrogens is 302 g/mol. The standard InChI is InChI=1S/C14H19N5O4/c1-3-11(20)10-7-19-12(13(21)17(2)15-10)8-6-18(14(22)23)5-4-9(8)16-19/h11,20H,3-7H2,1-2H3,(H,22,23). The molecule has 2 N–H and O–H groups in total. The first-order valence-corrected chi connectivity index (χ1v) is 7.52. The van der Waals surface area contributed by atoms with Gasteiger partial charge in [0.2, 0.25) is 0 Å². The lowest BCUT2D eigenvalue weighted by molar-refractivity contribution is 0.0787. The smallest absolute Gasteiger partial charge is 0.407 e. The maximum atomic E-state index is 12.6. The Morgan fingerprint density at radius 3 is 2.78 bits per heavy atom. The summed E-state index contributed by atoms with van der Waals surface area (Å²) in [4.78, 5) is 25.1. The lowest BCUT2D eigenvalue weighted by Crippen LogP contribution is -2.35. The monoisotopic (exact) mass is 321 g/mol. The van der Waals surface area contributed by atoms with E-state index in [4.69, 9.17) is 0 Å². The maximum Gasteiger partial charge on any atom is 0.407 e. The predicted octanol–water partition coefficient (Wildman–Crippen LogP) is 0.132. The molecule has 0 bridgehead atoms. The van der Waals surface area contributed by atoms with Gasteiger partial charge in [-0.2, -0.15) is 10.2 Å².